The van der Waals surface area contributed by atoms with Crippen molar-refractivity contribution < 1.29 is 0 Å². The topological polar surface area (TPSA) is 41.0 Å². The summed E-state index contributed by atoms with van der Waals surface area (Å²) >= 11 is 7.87. The Labute approximate surface area is 169 Å². The molecule has 6 heteroatoms. The number of fused-ring (bicyclic) bond motifs is 1. The predicted octanol–water partition coefficient (Wildman–Crippen LogP) is 5.23. The molecule has 1 saturated heterocycles. The summed E-state index contributed by atoms with van der Waals surface area (Å²) in [6.07, 6.45) is 5.15. The van der Waals surface area contributed by atoms with Crippen molar-refractivity contribution in [2.24, 2.45) is 5.92 Å². The van der Waals surface area contributed by atoms with Gasteiger partial charge >= 0.3 is 0 Å². The normalized spacial score (nSPS) is 16.1. The Morgan fingerprint density at radius 2 is 2.07 bits per heavy atom. The third-order valence-corrected chi connectivity index (χ3v) is 6.71. The Bertz CT molecular complexity index is 902. The van der Waals surface area contributed by atoms with Gasteiger partial charge in [0.15, 0.2) is 0 Å². The van der Waals surface area contributed by atoms with Crippen molar-refractivity contribution in [1.82, 2.24) is 14.9 Å². The Balaban J connectivity index is 1.30. The smallest absolute Gasteiger partial charge is 0.138 e. The molecule has 27 heavy (non-hydrogen) atoms. The molecule has 3 aromatic rings. The molecule has 0 spiro atoms. The van der Waals surface area contributed by atoms with Gasteiger partial charge in [0, 0.05) is 23.0 Å². The minimum Gasteiger partial charge on any atom is -0.369 e. The highest BCUT2D eigenvalue weighted by molar-refractivity contribution is 7.18. The number of hydrogen-bond acceptors (Lipinski definition) is 5. The van der Waals surface area contributed by atoms with Crippen LogP contribution in [0.5, 0.6) is 0 Å². The molecule has 142 valence electrons. The van der Waals surface area contributed by atoms with Gasteiger partial charge in [-0.2, -0.15) is 0 Å². The molecule has 1 fully saturated rings. The predicted molar refractivity (Wildman–Crippen MR) is 115 cm³/mol. The molecule has 2 aromatic heterocycles. The zero-order chi connectivity index (χ0) is 18.6. The monoisotopic (exact) mass is 400 g/mol. The van der Waals surface area contributed by atoms with Gasteiger partial charge in [-0.3, -0.25) is 4.90 Å². The molecule has 1 aliphatic rings. The first kappa shape index (κ1) is 18.7. The molecular formula is C21H25ClN4S. The Morgan fingerprint density at radius 3 is 2.85 bits per heavy atom. The van der Waals surface area contributed by atoms with E-state index in [1.165, 1.54) is 23.3 Å². The fraction of sp³-hybridized carbons (Fsp3) is 0.429. The number of aryl methyl sites for hydroxylation is 1. The Kier molecular flexibility index (Phi) is 5.91. The van der Waals surface area contributed by atoms with Gasteiger partial charge in [0.05, 0.1) is 5.39 Å². The van der Waals surface area contributed by atoms with E-state index in [9.17, 15) is 0 Å². The number of likely N-dealkylation sites (tertiary alicyclic amines) is 1. The van der Waals surface area contributed by atoms with Gasteiger partial charge in [-0.05, 0) is 62.0 Å². The second-order valence-electron chi connectivity index (χ2n) is 7.24. The standard InChI is InChI=1S/C21H25ClN4S/c1-2-18-11-19-20(24-14-25-21(19)27-18)23-12-15-6-8-26(9-7-15)13-16-4-3-5-17(22)10-16/h3-5,10-11,14-15H,2,6-9,12-13H2,1H3,(H,23,24,25). The van der Waals surface area contributed by atoms with E-state index in [0.717, 1.165) is 53.7 Å². The maximum Gasteiger partial charge on any atom is 0.138 e. The number of aromatic nitrogens is 2. The average Bonchev–Trinajstić information content (AvgIpc) is 3.11. The minimum atomic E-state index is 0.690. The average molecular weight is 401 g/mol. The lowest BCUT2D eigenvalue weighted by Crippen LogP contribution is -2.35. The molecule has 0 bridgehead atoms. The van der Waals surface area contributed by atoms with E-state index >= 15 is 0 Å². The molecule has 1 aliphatic heterocycles. The SMILES string of the molecule is CCc1cc2c(NCC3CCN(Cc4cccc(Cl)c4)CC3)ncnc2s1. The van der Waals surface area contributed by atoms with Gasteiger partial charge in [0.2, 0.25) is 0 Å². The maximum absolute atomic E-state index is 6.10. The van der Waals surface area contributed by atoms with E-state index in [0.29, 0.717) is 5.92 Å². The Morgan fingerprint density at radius 1 is 1.22 bits per heavy atom. The molecule has 0 amide bonds. The number of thiophene rings is 1. The zero-order valence-electron chi connectivity index (χ0n) is 15.6. The number of nitrogens with zero attached hydrogens (tertiary/aromatic N) is 3. The van der Waals surface area contributed by atoms with Crippen LogP contribution in [-0.2, 0) is 13.0 Å². The van der Waals surface area contributed by atoms with Crippen LogP contribution >= 0.6 is 22.9 Å². The summed E-state index contributed by atoms with van der Waals surface area (Å²) in [6.45, 7) is 6.42. The van der Waals surface area contributed by atoms with E-state index in [2.05, 4.69) is 45.3 Å². The lowest BCUT2D eigenvalue weighted by atomic mass is 9.96. The van der Waals surface area contributed by atoms with Crippen LogP contribution in [-0.4, -0.2) is 34.5 Å². The highest BCUT2D eigenvalue weighted by Crippen LogP contribution is 2.29. The fourth-order valence-corrected chi connectivity index (χ4v) is 4.85. The van der Waals surface area contributed by atoms with Crippen LogP contribution in [0, 0.1) is 5.92 Å². The van der Waals surface area contributed by atoms with Crippen LogP contribution in [0.15, 0.2) is 36.7 Å². The first-order valence-corrected chi connectivity index (χ1v) is 10.8. The summed E-state index contributed by atoms with van der Waals surface area (Å²) < 4.78 is 0. The van der Waals surface area contributed by atoms with Crippen LogP contribution < -0.4 is 5.32 Å². The van der Waals surface area contributed by atoms with Crippen molar-refractivity contribution in [1.29, 1.82) is 0 Å². The van der Waals surface area contributed by atoms with Crippen molar-refractivity contribution in [2.45, 2.75) is 32.7 Å². The highest BCUT2D eigenvalue weighted by Gasteiger charge is 2.20. The van der Waals surface area contributed by atoms with Crippen LogP contribution in [0.2, 0.25) is 5.02 Å². The lowest BCUT2D eigenvalue weighted by Gasteiger charge is -2.32. The number of anilines is 1. The van der Waals surface area contributed by atoms with E-state index in [-0.39, 0.29) is 0 Å². The molecule has 1 aromatic carbocycles. The second kappa shape index (κ2) is 8.55. The van der Waals surface area contributed by atoms with Crippen molar-refractivity contribution in [3.63, 3.8) is 0 Å². The van der Waals surface area contributed by atoms with E-state index in [1.807, 2.05) is 12.1 Å². The molecule has 3 heterocycles. The quantitative estimate of drug-likeness (QED) is 0.615. The molecule has 1 N–H and O–H groups in total. The third-order valence-electron chi connectivity index (χ3n) is 5.29. The summed E-state index contributed by atoms with van der Waals surface area (Å²) in [5.74, 6) is 1.67. The summed E-state index contributed by atoms with van der Waals surface area (Å²) in [6, 6.07) is 10.4. The van der Waals surface area contributed by atoms with Crippen LogP contribution in [0.3, 0.4) is 0 Å². The first-order valence-electron chi connectivity index (χ1n) is 9.65. The fourth-order valence-electron chi connectivity index (χ4n) is 3.70. The zero-order valence-corrected chi connectivity index (χ0v) is 17.2. The molecule has 0 unspecified atom stereocenters. The van der Waals surface area contributed by atoms with E-state index in [1.54, 1.807) is 17.7 Å². The minimum absolute atomic E-state index is 0.690. The highest BCUT2D eigenvalue weighted by atomic mass is 35.5. The van der Waals surface area contributed by atoms with Crippen LogP contribution in [0.4, 0.5) is 5.82 Å². The van der Waals surface area contributed by atoms with Gasteiger partial charge < -0.3 is 5.32 Å². The van der Waals surface area contributed by atoms with Crippen LogP contribution in [0.25, 0.3) is 10.2 Å². The second-order valence-corrected chi connectivity index (χ2v) is 8.79. The molecule has 0 saturated carbocycles. The lowest BCUT2D eigenvalue weighted by molar-refractivity contribution is 0.182. The molecule has 4 nitrogen and oxygen atoms in total. The summed E-state index contributed by atoms with van der Waals surface area (Å²) in [5, 5.41) is 5.57. The first-order chi connectivity index (χ1) is 13.2. The molecular weight excluding hydrogens is 376 g/mol. The Hall–Kier alpha value is -1.69. The van der Waals surface area contributed by atoms with E-state index in [4.69, 9.17) is 11.6 Å². The van der Waals surface area contributed by atoms with Crippen molar-refractivity contribution in [3.05, 3.63) is 52.1 Å². The molecule has 0 radical (unpaired) electrons. The van der Waals surface area contributed by atoms with Gasteiger partial charge in [-0.15, -0.1) is 11.3 Å². The number of nitrogens with one attached hydrogen (secondary N) is 1. The number of benzene rings is 1. The summed E-state index contributed by atoms with van der Waals surface area (Å²) in [5.41, 5.74) is 1.30. The van der Waals surface area contributed by atoms with Crippen molar-refractivity contribution in [2.75, 3.05) is 25.0 Å². The largest absolute Gasteiger partial charge is 0.369 e. The van der Waals surface area contributed by atoms with Gasteiger partial charge in [-0.25, -0.2) is 9.97 Å². The number of piperidine rings is 1. The van der Waals surface area contributed by atoms with Gasteiger partial charge in [0.1, 0.15) is 17.0 Å². The van der Waals surface area contributed by atoms with E-state index < -0.39 is 0 Å². The number of rotatable bonds is 6. The molecule has 0 aliphatic carbocycles. The van der Waals surface area contributed by atoms with Crippen LogP contribution in [0.1, 0.15) is 30.2 Å². The third kappa shape index (κ3) is 4.60. The summed E-state index contributed by atoms with van der Waals surface area (Å²) in [4.78, 5) is 13.9. The van der Waals surface area contributed by atoms with Gasteiger partial charge in [0.25, 0.3) is 0 Å². The molecule has 4 rings (SSSR count). The number of halogens is 1. The maximum atomic E-state index is 6.10. The number of hydrogen-bond donors (Lipinski definition) is 1. The van der Waals surface area contributed by atoms with Gasteiger partial charge in [-0.1, -0.05) is 30.7 Å². The summed E-state index contributed by atoms with van der Waals surface area (Å²) in [7, 11) is 0. The van der Waals surface area contributed by atoms with Crippen molar-refractivity contribution in [3.8, 4) is 0 Å². The molecule has 0 atom stereocenters. The van der Waals surface area contributed by atoms with Crippen molar-refractivity contribution >= 4 is 39.0 Å².